The van der Waals surface area contributed by atoms with E-state index in [4.69, 9.17) is 10.4 Å². The third kappa shape index (κ3) is 3.17. The summed E-state index contributed by atoms with van der Waals surface area (Å²) in [7, 11) is 0. The van der Waals surface area contributed by atoms with Gasteiger partial charge in [-0.25, -0.2) is 4.68 Å². The van der Waals surface area contributed by atoms with Crippen molar-refractivity contribution in [3.05, 3.63) is 41.7 Å². The predicted molar refractivity (Wildman–Crippen MR) is 66.8 cm³/mol. The van der Waals surface area contributed by atoms with Gasteiger partial charge >= 0.3 is 5.97 Å². The Kier molecular flexibility index (Phi) is 3.72. The van der Waals surface area contributed by atoms with Crippen LogP contribution >= 0.6 is 0 Å². The summed E-state index contributed by atoms with van der Waals surface area (Å²) < 4.78 is 1.05. The lowest BCUT2D eigenvalue weighted by molar-refractivity contribution is -0.137. The van der Waals surface area contributed by atoms with Crippen LogP contribution in [0, 0.1) is 11.3 Å². The van der Waals surface area contributed by atoms with Gasteiger partial charge < -0.3 is 10.4 Å². The number of nitrogens with one attached hydrogen (secondary N) is 1. The number of aliphatic carboxylic acids is 1. The quantitative estimate of drug-likeness (QED) is 0.834. The zero-order valence-corrected chi connectivity index (χ0v) is 10.1. The number of hydrogen-bond donors (Lipinski definition) is 2. The first-order chi connectivity index (χ1) is 9.58. The predicted octanol–water partition coefficient (Wildman–Crippen LogP) is 0.487. The summed E-state index contributed by atoms with van der Waals surface area (Å²) in [4.78, 5) is 22.3. The van der Waals surface area contributed by atoms with Crippen molar-refractivity contribution in [2.24, 2.45) is 0 Å². The standard InChI is InChI=1S/C12H9N5O3/c13-5-8-1-3-9(4-2-8)14-12(20)10-6-17(16-15-10)7-11(18)19/h1-4,6H,7H2,(H,14,20)(H,18,19). The number of carbonyl (C=O) groups excluding carboxylic acids is 1. The number of nitrogens with zero attached hydrogens (tertiary/aromatic N) is 4. The molecule has 0 bridgehead atoms. The van der Waals surface area contributed by atoms with Crippen LogP contribution in [0.3, 0.4) is 0 Å². The van der Waals surface area contributed by atoms with Gasteiger partial charge in [-0.15, -0.1) is 5.10 Å². The number of carbonyl (C=O) groups is 2. The number of amides is 1. The van der Waals surface area contributed by atoms with Gasteiger partial charge in [0.15, 0.2) is 5.69 Å². The van der Waals surface area contributed by atoms with Crippen LogP contribution in [-0.4, -0.2) is 32.0 Å². The van der Waals surface area contributed by atoms with E-state index in [9.17, 15) is 9.59 Å². The van der Waals surface area contributed by atoms with Gasteiger partial charge in [0.2, 0.25) is 0 Å². The SMILES string of the molecule is N#Cc1ccc(NC(=O)c2cn(CC(=O)O)nn2)cc1. The van der Waals surface area contributed by atoms with Gasteiger partial charge in [0.1, 0.15) is 6.54 Å². The number of carboxylic acids is 1. The molecule has 0 saturated heterocycles. The Morgan fingerprint density at radius 2 is 2.05 bits per heavy atom. The molecular formula is C12H9N5O3. The van der Waals surface area contributed by atoms with Gasteiger partial charge in [-0.3, -0.25) is 9.59 Å². The van der Waals surface area contributed by atoms with Gasteiger partial charge in [0.05, 0.1) is 17.8 Å². The van der Waals surface area contributed by atoms with Crippen LogP contribution in [0.15, 0.2) is 30.5 Å². The molecule has 8 nitrogen and oxygen atoms in total. The maximum absolute atomic E-state index is 11.8. The fourth-order valence-corrected chi connectivity index (χ4v) is 1.44. The molecule has 2 aromatic rings. The highest BCUT2D eigenvalue weighted by molar-refractivity contribution is 6.02. The summed E-state index contributed by atoms with van der Waals surface area (Å²) in [5.41, 5.74) is 0.993. The van der Waals surface area contributed by atoms with E-state index in [0.29, 0.717) is 11.3 Å². The molecule has 0 atom stereocenters. The number of rotatable bonds is 4. The van der Waals surface area contributed by atoms with Crippen LogP contribution in [0.4, 0.5) is 5.69 Å². The molecule has 2 N–H and O–H groups in total. The lowest BCUT2D eigenvalue weighted by Crippen LogP contribution is -2.12. The average Bonchev–Trinajstić information content (AvgIpc) is 2.87. The fourth-order valence-electron chi connectivity index (χ4n) is 1.44. The summed E-state index contributed by atoms with van der Waals surface area (Å²) >= 11 is 0. The highest BCUT2D eigenvalue weighted by atomic mass is 16.4. The Labute approximate surface area is 113 Å². The minimum absolute atomic E-state index is 0.00982. The van der Waals surface area contributed by atoms with Crippen molar-refractivity contribution in [3.63, 3.8) is 0 Å². The zero-order chi connectivity index (χ0) is 14.5. The second kappa shape index (κ2) is 5.62. The van der Waals surface area contributed by atoms with Crippen molar-refractivity contribution in [1.29, 1.82) is 5.26 Å². The molecule has 1 aromatic carbocycles. The smallest absolute Gasteiger partial charge is 0.325 e. The van der Waals surface area contributed by atoms with Crippen molar-refractivity contribution in [3.8, 4) is 6.07 Å². The Bertz CT molecular complexity index is 684. The molecule has 0 aliphatic heterocycles. The lowest BCUT2D eigenvalue weighted by Gasteiger charge is -2.02. The first-order valence-electron chi connectivity index (χ1n) is 5.52. The average molecular weight is 271 g/mol. The number of anilines is 1. The summed E-state index contributed by atoms with van der Waals surface area (Å²) in [6.45, 7) is -0.364. The van der Waals surface area contributed by atoms with Gasteiger partial charge in [0.25, 0.3) is 5.91 Å². The first kappa shape index (κ1) is 13.2. The van der Waals surface area contributed by atoms with Crippen LogP contribution in [0.25, 0.3) is 0 Å². The minimum Gasteiger partial charge on any atom is -0.480 e. The zero-order valence-electron chi connectivity index (χ0n) is 10.1. The molecule has 100 valence electrons. The molecule has 0 spiro atoms. The number of aromatic nitrogens is 3. The molecule has 1 amide bonds. The Balaban J connectivity index is 2.05. The van der Waals surface area contributed by atoms with E-state index in [1.807, 2.05) is 6.07 Å². The highest BCUT2D eigenvalue weighted by Gasteiger charge is 2.12. The molecule has 0 unspecified atom stereocenters. The van der Waals surface area contributed by atoms with Crippen molar-refractivity contribution < 1.29 is 14.7 Å². The van der Waals surface area contributed by atoms with E-state index in [0.717, 1.165) is 4.68 Å². The number of nitriles is 1. The summed E-state index contributed by atoms with van der Waals surface area (Å²) in [6, 6.07) is 8.26. The van der Waals surface area contributed by atoms with E-state index in [2.05, 4.69) is 15.6 Å². The summed E-state index contributed by atoms with van der Waals surface area (Å²) in [5.74, 6) is -1.58. The minimum atomic E-state index is -1.08. The van der Waals surface area contributed by atoms with E-state index >= 15 is 0 Å². The van der Waals surface area contributed by atoms with Crippen molar-refractivity contribution in [2.75, 3.05) is 5.32 Å². The largest absolute Gasteiger partial charge is 0.480 e. The Morgan fingerprint density at radius 1 is 1.35 bits per heavy atom. The van der Waals surface area contributed by atoms with Gasteiger partial charge in [0, 0.05) is 5.69 Å². The molecule has 0 aliphatic carbocycles. The van der Waals surface area contributed by atoms with Crippen molar-refractivity contribution in [1.82, 2.24) is 15.0 Å². The van der Waals surface area contributed by atoms with Gasteiger partial charge in [-0.2, -0.15) is 5.26 Å². The van der Waals surface area contributed by atoms with Gasteiger partial charge in [-0.05, 0) is 24.3 Å². The van der Waals surface area contributed by atoms with E-state index in [1.165, 1.54) is 6.20 Å². The monoisotopic (exact) mass is 271 g/mol. The molecular weight excluding hydrogens is 262 g/mol. The molecule has 0 saturated carbocycles. The number of benzene rings is 1. The summed E-state index contributed by atoms with van der Waals surface area (Å²) in [6.07, 6.45) is 1.24. The molecule has 0 radical (unpaired) electrons. The Morgan fingerprint density at radius 3 is 2.65 bits per heavy atom. The van der Waals surface area contributed by atoms with E-state index in [1.54, 1.807) is 24.3 Å². The lowest BCUT2D eigenvalue weighted by atomic mass is 10.2. The van der Waals surface area contributed by atoms with Gasteiger partial charge in [-0.1, -0.05) is 5.21 Å². The normalized spacial score (nSPS) is 9.75. The molecule has 1 aromatic heterocycles. The first-order valence-corrected chi connectivity index (χ1v) is 5.52. The van der Waals surface area contributed by atoms with E-state index < -0.39 is 11.9 Å². The molecule has 0 fully saturated rings. The molecule has 1 heterocycles. The van der Waals surface area contributed by atoms with E-state index in [-0.39, 0.29) is 12.2 Å². The van der Waals surface area contributed by atoms with Crippen LogP contribution in [0.1, 0.15) is 16.1 Å². The molecule has 8 heteroatoms. The summed E-state index contributed by atoms with van der Waals surface area (Å²) in [5, 5.41) is 26.9. The fraction of sp³-hybridized carbons (Fsp3) is 0.0833. The molecule has 20 heavy (non-hydrogen) atoms. The van der Waals surface area contributed by atoms with Crippen LogP contribution in [-0.2, 0) is 11.3 Å². The van der Waals surface area contributed by atoms with Crippen molar-refractivity contribution >= 4 is 17.6 Å². The second-order valence-corrected chi connectivity index (χ2v) is 3.84. The third-order valence-corrected chi connectivity index (χ3v) is 2.34. The second-order valence-electron chi connectivity index (χ2n) is 3.84. The molecule has 2 rings (SSSR count). The maximum Gasteiger partial charge on any atom is 0.325 e. The van der Waals surface area contributed by atoms with Crippen molar-refractivity contribution in [2.45, 2.75) is 6.54 Å². The number of hydrogen-bond acceptors (Lipinski definition) is 5. The Hall–Kier alpha value is -3.21. The van der Waals surface area contributed by atoms with Crippen LogP contribution in [0.2, 0.25) is 0 Å². The van der Waals surface area contributed by atoms with Crippen LogP contribution in [0.5, 0.6) is 0 Å². The molecule has 0 aliphatic rings. The number of carboxylic acid groups (broad SMARTS) is 1. The third-order valence-electron chi connectivity index (χ3n) is 2.34. The van der Waals surface area contributed by atoms with Crippen LogP contribution < -0.4 is 5.32 Å². The maximum atomic E-state index is 11.8. The topological polar surface area (TPSA) is 121 Å². The highest BCUT2D eigenvalue weighted by Crippen LogP contribution is 2.10.